The molecule has 3 nitrogen and oxygen atoms in total. The van der Waals surface area contributed by atoms with Crippen LogP contribution in [0.25, 0.3) is 105 Å². The molecule has 0 N–H and O–H groups in total. The molecule has 0 saturated heterocycles. The zero-order chi connectivity index (χ0) is 36.3. The highest BCUT2D eigenvalue weighted by atomic mass is 15.0. The van der Waals surface area contributed by atoms with Gasteiger partial charge < -0.3 is 4.57 Å². The largest absolute Gasteiger partial charge is 0.309 e. The molecule has 55 heavy (non-hydrogen) atoms. The van der Waals surface area contributed by atoms with E-state index in [-0.39, 0.29) is 0 Å². The number of para-hydroxylation sites is 2. The molecule has 256 valence electrons. The number of aromatic nitrogens is 3. The average Bonchev–Trinajstić information content (AvgIpc) is 3.59. The summed E-state index contributed by atoms with van der Waals surface area (Å²) in [5.74, 6) is 0.700. The van der Waals surface area contributed by atoms with Crippen LogP contribution in [-0.4, -0.2) is 14.5 Å². The summed E-state index contributed by atoms with van der Waals surface area (Å²) in [5.41, 5.74) is 10.7. The molecular weight excluding hydrogens is 667 g/mol. The quantitative estimate of drug-likeness (QED) is 0.132. The van der Waals surface area contributed by atoms with Gasteiger partial charge in [-0.1, -0.05) is 158 Å². The van der Waals surface area contributed by atoms with Crippen molar-refractivity contribution in [1.82, 2.24) is 14.5 Å². The molecule has 3 heteroatoms. The topological polar surface area (TPSA) is 30.7 Å². The maximum Gasteiger partial charge on any atom is 0.160 e. The summed E-state index contributed by atoms with van der Waals surface area (Å²) in [6.45, 7) is 0. The molecule has 0 unspecified atom stereocenters. The molecule has 0 aliphatic carbocycles. The van der Waals surface area contributed by atoms with Gasteiger partial charge in [0.1, 0.15) is 0 Å². The van der Waals surface area contributed by atoms with E-state index in [1.165, 1.54) is 54.1 Å². The van der Waals surface area contributed by atoms with Gasteiger partial charge in [0.05, 0.1) is 22.4 Å². The van der Waals surface area contributed by atoms with Gasteiger partial charge in [-0.05, 0) is 85.9 Å². The molecule has 0 bridgehead atoms. The summed E-state index contributed by atoms with van der Waals surface area (Å²) in [6, 6.07) is 71.5. The summed E-state index contributed by atoms with van der Waals surface area (Å²) < 4.78 is 2.36. The van der Waals surface area contributed by atoms with Crippen LogP contribution in [-0.2, 0) is 0 Å². The lowest BCUT2D eigenvalue weighted by Gasteiger charge is -2.16. The number of fused-ring (bicyclic) bond motifs is 7. The fourth-order valence-corrected chi connectivity index (χ4v) is 8.48. The molecule has 9 aromatic carbocycles. The van der Waals surface area contributed by atoms with Crippen LogP contribution in [0.4, 0.5) is 0 Å². The molecule has 2 heterocycles. The van der Waals surface area contributed by atoms with Gasteiger partial charge in [0, 0.05) is 33.2 Å². The fourth-order valence-electron chi connectivity index (χ4n) is 8.48. The lowest BCUT2D eigenvalue weighted by atomic mass is 9.90. The molecule has 0 fully saturated rings. The van der Waals surface area contributed by atoms with Crippen LogP contribution in [0, 0.1) is 0 Å². The molecule has 0 aliphatic heterocycles. The molecule has 0 aliphatic rings. The van der Waals surface area contributed by atoms with Crippen molar-refractivity contribution in [3.05, 3.63) is 200 Å². The number of hydrogen-bond acceptors (Lipinski definition) is 2. The van der Waals surface area contributed by atoms with E-state index in [9.17, 15) is 0 Å². The smallest absolute Gasteiger partial charge is 0.160 e. The van der Waals surface area contributed by atoms with Gasteiger partial charge in [-0.3, -0.25) is 0 Å². The minimum atomic E-state index is 0.700. The van der Waals surface area contributed by atoms with Crippen LogP contribution < -0.4 is 0 Å². The third-order valence-corrected chi connectivity index (χ3v) is 11.0. The summed E-state index contributed by atoms with van der Waals surface area (Å²) in [4.78, 5) is 10.7. The van der Waals surface area contributed by atoms with Crippen LogP contribution in [0.5, 0.6) is 0 Å². The third-order valence-electron chi connectivity index (χ3n) is 11.0. The molecule has 0 saturated carbocycles. The third kappa shape index (κ3) is 5.13. The highest BCUT2D eigenvalue weighted by molar-refractivity contribution is 6.20. The normalized spacial score (nSPS) is 11.6. The van der Waals surface area contributed by atoms with E-state index in [0.717, 1.165) is 44.9 Å². The standard InChI is InChI=1S/C52H33N3/c1-3-16-35(17-4-1)52-53-47(33-48(54-52)51-41-23-10-8-18-36(41)31-45-39-21-9-7-15-34(39)27-29-44(45)51)42-24-12-11-22-40(42)37-28-30-50-46(32-37)43-25-13-14-26-49(43)55(50)38-19-5-2-6-20-38/h1-33H. The van der Waals surface area contributed by atoms with Crippen molar-refractivity contribution in [3.63, 3.8) is 0 Å². The van der Waals surface area contributed by atoms with E-state index in [1.54, 1.807) is 0 Å². The van der Waals surface area contributed by atoms with Crippen molar-refractivity contribution in [1.29, 1.82) is 0 Å². The predicted molar refractivity (Wildman–Crippen MR) is 231 cm³/mol. The first-order valence-electron chi connectivity index (χ1n) is 18.7. The van der Waals surface area contributed by atoms with E-state index >= 15 is 0 Å². The highest BCUT2D eigenvalue weighted by Gasteiger charge is 2.19. The minimum absolute atomic E-state index is 0.700. The first-order valence-corrected chi connectivity index (χ1v) is 18.7. The first kappa shape index (κ1) is 31.2. The van der Waals surface area contributed by atoms with Crippen molar-refractivity contribution >= 4 is 54.1 Å². The second kappa shape index (κ2) is 12.6. The summed E-state index contributed by atoms with van der Waals surface area (Å²) in [7, 11) is 0. The molecule has 11 rings (SSSR count). The van der Waals surface area contributed by atoms with Crippen molar-refractivity contribution in [2.24, 2.45) is 0 Å². The van der Waals surface area contributed by atoms with E-state index in [1.807, 2.05) is 6.07 Å². The maximum atomic E-state index is 5.37. The van der Waals surface area contributed by atoms with E-state index < -0.39 is 0 Å². The van der Waals surface area contributed by atoms with E-state index in [4.69, 9.17) is 9.97 Å². The Morgan fingerprint density at radius 2 is 0.964 bits per heavy atom. The Hall–Kier alpha value is -7.36. The van der Waals surface area contributed by atoms with Gasteiger partial charge in [0.15, 0.2) is 5.82 Å². The minimum Gasteiger partial charge on any atom is -0.309 e. The molecule has 11 aromatic rings. The summed E-state index contributed by atoms with van der Waals surface area (Å²) >= 11 is 0. The van der Waals surface area contributed by atoms with E-state index in [0.29, 0.717) is 5.82 Å². The van der Waals surface area contributed by atoms with Gasteiger partial charge in [-0.15, -0.1) is 0 Å². The average molecular weight is 700 g/mol. The lowest BCUT2D eigenvalue weighted by molar-refractivity contribution is 1.18. The number of rotatable bonds is 5. The Labute approximate surface area is 318 Å². The number of hydrogen-bond donors (Lipinski definition) is 0. The molecule has 0 amide bonds. The Bertz CT molecular complexity index is 3250. The second-order valence-corrected chi connectivity index (χ2v) is 14.1. The van der Waals surface area contributed by atoms with Crippen molar-refractivity contribution in [2.45, 2.75) is 0 Å². The van der Waals surface area contributed by atoms with Crippen LogP contribution >= 0.6 is 0 Å². The predicted octanol–water partition coefficient (Wildman–Crippen LogP) is 13.7. The Kier molecular flexibility index (Phi) is 7.17. The van der Waals surface area contributed by atoms with Crippen molar-refractivity contribution in [3.8, 4) is 50.7 Å². The second-order valence-electron chi connectivity index (χ2n) is 14.1. The summed E-state index contributed by atoms with van der Waals surface area (Å²) in [6.07, 6.45) is 0. The zero-order valence-corrected chi connectivity index (χ0v) is 29.9. The number of benzene rings is 9. The Morgan fingerprint density at radius 3 is 1.80 bits per heavy atom. The van der Waals surface area contributed by atoms with Gasteiger partial charge in [0.2, 0.25) is 0 Å². The monoisotopic (exact) mass is 699 g/mol. The molecule has 2 aromatic heterocycles. The summed E-state index contributed by atoms with van der Waals surface area (Å²) in [5, 5.41) is 9.66. The Balaban J connectivity index is 1.16. The van der Waals surface area contributed by atoms with Gasteiger partial charge >= 0.3 is 0 Å². The van der Waals surface area contributed by atoms with Gasteiger partial charge in [-0.25, -0.2) is 9.97 Å². The fraction of sp³-hybridized carbons (Fsp3) is 0. The van der Waals surface area contributed by atoms with Crippen LogP contribution in [0.15, 0.2) is 200 Å². The molecule has 0 radical (unpaired) electrons. The Morgan fingerprint density at radius 1 is 0.327 bits per heavy atom. The van der Waals surface area contributed by atoms with Crippen LogP contribution in [0.1, 0.15) is 0 Å². The maximum absolute atomic E-state index is 5.37. The zero-order valence-electron chi connectivity index (χ0n) is 29.9. The molecule has 0 spiro atoms. The SMILES string of the molecule is c1ccc(-c2nc(-c3ccccc3-c3ccc4c(c3)c3ccccc3n4-c3ccccc3)cc(-c3c4ccccc4cc4c3ccc3ccccc34)n2)cc1. The van der Waals surface area contributed by atoms with Gasteiger partial charge in [-0.2, -0.15) is 0 Å². The first-order chi connectivity index (χ1) is 27.3. The van der Waals surface area contributed by atoms with Crippen LogP contribution in [0.3, 0.4) is 0 Å². The van der Waals surface area contributed by atoms with Gasteiger partial charge in [0.25, 0.3) is 0 Å². The molecule has 0 atom stereocenters. The highest BCUT2D eigenvalue weighted by Crippen LogP contribution is 2.42. The van der Waals surface area contributed by atoms with Crippen LogP contribution in [0.2, 0.25) is 0 Å². The number of nitrogens with zero attached hydrogens (tertiary/aromatic N) is 3. The molecular formula is C52H33N3. The van der Waals surface area contributed by atoms with Crippen molar-refractivity contribution < 1.29 is 0 Å². The van der Waals surface area contributed by atoms with E-state index in [2.05, 4.69) is 199 Å². The lowest BCUT2D eigenvalue weighted by Crippen LogP contribution is -1.98. The van der Waals surface area contributed by atoms with Crippen molar-refractivity contribution in [2.75, 3.05) is 0 Å².